The van der Waals surface area contributed by atoms with Crippen LogP contribution in [0.15, 0.2) is 0 Å². The van der Waals surface area contributed by atoms with Gasteiger partial charge in [0.15, 0.2) is 0 Å². The van der Waals surface area contributed by atoms with E-state index in [0.29, 0.717) is 6.04 Å². The van der Waals surface area contributed by atoms with E-state index in [1.54, 1.807) is 0 Å². The molecule has 0 radical (unpaired) electrons. The molecule has 1 atom stereocenters. The third-order valence-corrected chi connectivity index (χ3v) is 5.94. The fourth-order valence-electron chi connectivity index (χ4n) is 4.44. The number of rotatable bonds is 4. The van der Waals surface area contributed by atoms with Crippen LogP contribution in [0.2, 0.25) is 0 Å². The summed E-state index contributed by atoms with van der Waals surface area (Å²) in [7, 11) is 4.08. The Bertz CT molecular complexity index is 262. The van der Waals surface area contributed by atoms with E-state index in [9.17, 15) is 0 Å². The molecule has 2 rings (SSSR count). The van der Waals surface area contributed by atoms with Gasteiger partial charge in [0, 0.05) is 13.2 Å². The molecule has 112 valence electrons. The van der Waals surface area contributed by atoms with Crippen LogP contribution in [0.5, 0.6) is 0 Å². The maximum absolute atomic E-state index is 6.10. The second-order valence-corrected chi connectivity index (χ2v) is 7.24. The molecular formula is C17H33NO. The van der Waals surface area contributed by atoms with Crippen molar-refractivity contribution in [3.8, 4) is 0 Å². The molecule has 0 bridgehead atoms. The van der Waals surface area contributed by atoms with E-state index in [0.717, 1.165) is 17.8 Å². The first kappa shape index (κ1) is 15.3. The molecule has 0 aromatic heterocycles. The van der Waals surface area contributed by atoms with Gasteiger partial charge in [0.2, 0.25) is 0 Å². The van der Waals surface area contributed by atoms with Gasteiger partial charge in [0.1, 0.15) is 0 Å². The third-order valence-electron chi connectivity index (χ3n) is 5.94. The van der Waals surface area contributed by atoms with Gasteiger partial charge in [-0.2, -0.15) is 0 Å². The lowest BCUT2D eigenvalue weighted by Crippen LogP contribution is -2.56. The zero-order valence-electron chi connectivity index (χ0n) is 13.4. The summed E-state index contributed by atoms with van der Waals surface area (Å²) in [5.74, 6) is 2.63. The molecule has 1 unspecified atom stereocenters. The van der Waals surface area contributed by atoms with Gasteiger partial charge in [0.25, 0.3) is 0 Å². The van der Waals surface area contributed by atoms with Crippen molar-refractivity contribution in [3.05, 3.63) is 0 Å². The van der Waals surface area contributed by atoms with Gasteiger partial charge in [0.05, 0.1) is 5.60 Å². The van der Waals surface area contributed by atoms with Gasteiger partial charge in [-0.25, -0.2) is 0 Å². The Morgan fingerprint density at radius 2 is 1.47 bits per heavy atom. The largest absolute Gasteiger partial charge is 0.377 e. The van der Waals surface area contributed by atoms with Crippen LogP contribution in [0, 0.1) is 17.8 Å². The van der Waals surface area contributed by atoms with Crippen LogP contribution in [0.25, 0.3) is 0 Å². The smallest absolute Gasteiger partial charge is 0.0833 e. The molecule has 0 aliphatic heterocycles. The first-order valence-electron chi connectivity index (χ1n) is 8.33. The number of hydrogen-bond acceptors (Lipinski definition) is 2. The summed E-state index contributed by atoms with van der Waals surface area (Å²) in [6.07, 6.45) is 10.7. The number of ether oxygens (including phenoxy) is 1. The average molecular weight is 267 g/mol. The van der Waals surface area contributed by atoms with Crippen LogP contribution >= 0.6 is 0 Å². The number of nitrogens with one attached hydrogen (secondary N) is 1. The van der Waals surface area contributed by atoms with E-state index >= 15 is 0 Å². The normalized spacial score (nSPS) is 42.0. The minimum atomic E-state index is 0.104. The summed E-state index contributed by atoms with van der Waals surface area (Å²) in [5, 5.41) is 3.64. The van der Waals surface area contributed by atoms with E-state index < -0.39 is 0 Å². The molecule has 0 heterocycles. The van der Waals surface area contributed by atoms with Crippen LogP contribution < -0.4 is 5.32 Å². The first-order chi connectivity index (χ1) is 9.11. The van der Waals surface area contributed by atoms with Gasteiger partial charge in [-0.15, -0.1) is 0 Å². The second-order valence-electron chi connectivity index (χ2n) is 7.24. The Hall–Kier alpha value is -0.0800. The highest BCUT2D eigenvalue weighted by atomic mass is 16.5. The van der Waals surface area contributed by atoms with Crippen LogP contribution in [0.3, 0.4) is 0 Å². The molecule has 2 aliphatic carbocycles. The van der Waals surface area contributed by atoms with Crippen molar-refractivity contribution in [1.29, 1.82) is 0 Å². The summed E-state index contributed by atoms with van der Waals surface area (Å²) in [5.41, 5.74) is 0.104. The van der Waals surface area contributed by atoms with Gasteiger partial charge in [-0.1, -0.05) is 26.7 Å². The molecule has 19 heavy (non-hydrogen) atoms. The standard InChI is InChI=1S/C17H33NO/c1-13-5-7-15(8-6-13)16(18-3)17(19-4)11-9-14(2)10-12-17/h13-16,18H,5-12H2,1-4H3. The van der Waals surface area contributed by atoms with Crippen molar-refractivity contribution in [2.75, 3.05) is 14.2 Å². The van der Waals surface area contributed by atoms with Crippen molar-refractivity contribution in [3.63, 3.8) is 0 Å². The molecule has 0 aromatic carbocycles. The van der Waals surface area contributed by atoms with Crippen molar-refractivity contribution >= 4 is 0 Å². The Morgan fingerprint density at radius 1 is 0.947 bits per heavy atom. The summed E-state index contributed by atoms with van der Waals surface area (Å²) < 4.78 is 6.10. The molecule has 2 nitrogen and oxygen atoms in total. The SMILES string of the molecule is CNC(C1CCC(C)CC1)C1(OC)CCC(C)CC1. The van der Waals surface area contributed by atoms with Crippen molar-refractivity contribution < 1.29 is 4.74 Å². The van der Waals surface area contributed by atoms with E-state index in [2.05, 4.69) is 26.2 Å². The van der Waals surface area contributed by atoms with E-state index in [-0.39, 0.29) is 5.60 Å². The monoisotopic (exact) mass is 267 g/mol. The topological polar surface area (TPSA) is 21.3 Å². The predicted octanol–water partition coefficient (Wildman–Crippen LogP) is 4.00. The zero-order chi connectivity index (χ0) is 13.9. The average Bonchev–Trinajstić information content (AvgIpc) is 2.44. The molecule has 2 saturated carbocycles. The molecule has 1 N–H and O–H groups in total. The van der Waals surface area contributed by atoms with Crippen LogP contribution in [-0.4, -0.2) is 25.8 Å². The fourth-order valence-corrected chi connectivity index (χ4v) is 4.44. The Morgan fingerprint density at radius 3 is 1.95 bits per heavy atom. The second kappa shape index (κ2) is 6.58. The Labute approximate surface area is 119 Å². The predicted molar refractivity (Wildman–Crippen MR) is 81.3 cm³/mol. The molecule has 0 amide bonds. The minimum Gasteiger partial charge on any atom is -0.377 e. The lowest BCUT2D eigenvalue weighted by molar-refractivity contribution is -0.0909. The lowest BCUT2D eigenvalue weighted by atomic mass is 9.68. The molecule has 2 aliphatic rings. The van der Waals surface area contributed by atoms with E-state index in [1.807, 2.05) is 7.11 Å². The summed E-state index contributed by atoms with van der Waals surface area (Å²) >= 11 is 0. The van der Waals surface area contributed by atoms with Crippen LogP contribution in [-0.2, 0) is 4.74 Å². The molecule has 0 spiro atoms. The van der Waals surface area contributed by atoms with Gasteiger partial charge in [-0.3, -0.25) is 0 Å². The van der Waals surface area contributed by atoms with Crippen LogP contribution in [0.1, 0.15) is 65.2 Å². The molecule has 2 fully saturated rings. The Balaban J connectivity index is 2.05. The minimum absolute atomic E-state index is 0.104. The lowest BCUT2D eigenvalue weighted by Gasteiger charge is -2.48. The third kappa shape index (κ3) is 3.33. The highest BCUT2D eigenvalue weighted by molar-refractivity contribution is 4.99. The molecular weight excluding hydrogens is 234 g/mol. The number of hydrogen-bond donors (Lipinski definition) is 1. The van der Waals surface area contributed by atoms with Gasteiger partial charge < -0.3 is 10.1 Å². The van der Waals surface area contributed by atoms with Crippen molar-refractivity contribution in [1.82, 2.24) is 5.32 Å². The number of likely N-dealkylation sites (N-methyl/N-ethyl adjacent to an activating group) is 1. The molecule has 0 aromatic rings. The zero-order valence-corrected chi connectivity index (χ0v) is 13.4. The van der Waals surface area contributed by atoms with Gasteiger partial charge >= 0.3 is 0 Å². The van der Waals surface area contributed by atoms with Gasteiger partial charge in [-0.05, 0) is 63.3 Å². The molecule has 0 saturated heterocycles. The highest BCUT2D eigenvalue weighted by Crippen LogP contribution is 2.42. The fraction of sp³-hybridized carbons (Fsp3) is 1.00. The summed E-state index contributed by atoms with van der Waals surface area (Å²) in [6.45, 7) is 4.79. The van der Waals surface area contributed by atoms with E-state index in [4.69, 9.17) is 4.74 Å². The van der Waals surface area contributed by atoms with Crippen LogP contribution in [0.4, 0.5) is 0 Å². The molecule has 2 heteroatoms. The quantitative estimate of drug-likeness (QED) is 0.831. The maximum atomic E-state index is 6.10. The first-order valence-corrected chi connectivity index (χ1v) is 8.33. The van der Waals surface area contributed by atoms with Crippen molar-refractivity contribution in [2.45, 2.75) is 76.9 Å². The Kier molecular flexibility index (Phi) is 5.30. The van der Waals surface area contributed by atoms with E-state index in [1.165, 1.54) is 51.4 Å². The number of methoxy groups -OCH3 is 1. The summed E-state index contributed by atoms with van der Waals surface area (Å²) in [6, 6.07) is 0.553. The maximum Gasteiger partial charge on any atom is 0.0833 e. The highest BCUT2D eigenvalue weighted by Gasteiger charge is 2.44. The van der Waals surface area contributed by atoms with Crippen molar-refractivity contribution in [2.24, 2.45) is 17.8 Å². The summed E-state index contributed by atoms with van der Waals surface area (Å²) in [4.78, 5) is 0.